The first-order valence-electron chi connectivity index (χ1n) is 24.2. The molecule has 6 aromatic carbocycles. The topological polar surface area (TPSA) is 102 Å². The summed E-state index contributed by atoms with van der Waals surface area (Å²) in [5, 5.41) is 25.4. The number of aryl methyl sites for hydroxylation is 2. The molecule has 9 rings (SSSR count). The van der Waals surface area contributed by atoms with Gasteiger partial charge in [-0.15, -0.1) is 15.0 Å². The first-order valence-corrected chi connectivity index (χ1v) is 24.5. The lowest BCUT2D eigenvalue weighted by molar-refractivity contribution is -0.119. The molecule has 0 spiro atoms. The van der Waals surface area contributed by atoms with E-state index in [1.54, 1.807) is 4.80 Å². The van der Waals surface area contributed by atoms with Crippen LogP contribution in [-0.4, -0.2) is 73.5 Å². The number of hydrogen-bond donors (Lipinski definition) is 0. The lowest BCUT2D eigenvalue weighted by Crippen LogP contribution is -2.40. The smallest absolute Gasteiger partial charge is 0.300 e. The van der Waals surface area contributed by atoms with Crippen molar-refractivity contribution in [3.8, 4) is 17.5 Å². The Balaban J connectivity index is 1.05. The highest BCUT2D eigenvalue weighted by Gasteiger charge is 2.43. The Morgan fingerprint density at radius 3 is 2.13 bits per heavy atom. The van der Waals surface area contributed by atoms with Crippen LogP contribution >= 0.6 is 11.6 Å². The van der Waals surface area contributed by atoms with E-state index in [9.17, 15) is 5.26 Å². The molecule has 1 atom stereocenters. The second-order valence-electron chi connectivity index (χ2n) is 18.4. The number of tetrazole rings is 1. The number of aromatic nitrogens is 4. The number of anilines is 1. The summed E-state index contributed by atoms with van der Waals surface area (Å²) >= 11 is 7.09. The number of carbonyl (C=O) groups excluding carboxylic acids is 1. The predicted molar refractivity (Wildman–Crippen MR) is 276 cm³/mol. The Morgan fingerprint density at radius 1 is 0.771 bits per heavy atom. The minimum absolute atomic E-state index is 0.0314. The van der Waals surface area contributed by atoms with Crippen molar-refractivity contribution in [1.82, 2.24) is 34.9 Å². The first kappa shape index (κ1) is 47.5. The number of likely N-dealkylation sites (tertiary alicyclic amines) is 1. The van der Waals surface area contributed by atoms with E-state index in [0.717, 1.165) is 75.4 Å². The van der Waals surface area contributed by atoms with E-state index >= 15 is 4.79 Å². The molecule has 1 aromatic heterocycles. The van der Waals surface area contributed by atoms with Gasteiger partial charge >= 0.3 is 5.70 Å². The highest BCUT2D eigenvalue weighted by Crippen LogP contribution is 2.43. The van der Waals surface area contributed by atoms with Crippen LogP contribution in [0.2, 0.25) is 5.02 Å². The molecule has 2 aliphatic heterocycles. The average molecular weight is 946 g/mol. The van der Waals surface area contributed by atoms with Gasteiger partial charge in [-0.05, 0) is 104 Å². The van der Waals surface area contributed by atoms with E-state index in [1.807, 2.05) is 107 Å². The van der Waals surface area contributed by atoms with Gasteiger partial charge in [-0.25, -0.2) is 10.1 Å². The van der Waals surface area contributed by atoms with Crippen molar-refractivity contribution >= 4 is 23.2 Å². The summed E-state index contributed by atoms with van der Waals surface area (Å²) in [6.45, 7) is 19.2. The Morgan fingerprint density at radius 2 is 1.44 bits per heavy atom. The van der Waals surface area contributed by atoms with Crippen LogP contribution in [0.1, 0.15) is 83.2 Å². The maximum absolute atomic E-state index is 15.1. The number of halogens is 1. The summed E-state index contributed by atoms with van der Waals surface area (Å²) in [5.41, 5.74) is 8.66. The number of amides is 1. The van der Waals surface area contributed by atoms with E-state index in [1.165, 1.54) is 19.3 Å². The van der Waals surface area contributed by atoms with Gasteiger partial charge in [-0.3, -0.25) is 9.69 Å². The fourth-order valence-electron chi connectivity index (χ4n) is 10.4. The van der Waals surface area contributed by atoms with Crippen molar-refractivity contribution in [3.05, 3.63) is 224 Å². The van der Waals surface area contributed by atoms with E-state index in [4.69, 9.17) is 33.6 Å². The van der Waals surface area contributed by atoms with Crippen LogP contribution in [0.25, 0.3) is 16.2 Å². The van der Waals surface area contributed by atoms with E-state index < -0.39 is 11.6 Å². The van der Waals surface area contributed by atoms with Crippen molar-refractivity contribution < 1.29 is 4.79 Å². The third-order valence-corrected chi connectivity index (χ3v) is 13.9. The summed E-state index contributed by atoms with van der Waals surface area (Å²) in [5.74, 6) is 0.935. The van der Waals surface area contributed by atoms with Gasteiger partial charge in [-0.1, -0.05) is 157 Å². The minimum Gasteiger partial charge on any atom is -0.364 e. The number of allylic oxidation sites excluding steroid dienone is 1. The molecular weight excluding hydrogens is 888 g/mol. The van der Waals surface area contributed by atoms with Crippen LogP contribution in [0.4, 0.5) is 5.69 Å². The van der Waals surface area contributed by atoms with Crippen molar-refractivity contribution in [3.63, 3.8) is 0 Å². The number of piperidine rings is 1. The van der Waals surface area contributed by atoms with Gasteiger partial charge in [0.2, 0.25) is 11.7 Å². The number of hydrogen-bond acceptors (Lipinski definition) is 8. The molecule has 0 N–H and O–H groups in total. The molecule has 7 aromatic rings. The van der Waals surface area contributed by atoms with Crippen molar-refractivity contribution in [2.24, 2.45) is 0 Å². The van der Waals surface area contributed by atoms with Gasteiger partial charge < -0.3 is 14.7 Å². The maximum atomic E-state index is 15.1. The molecule has 12 heteroatoms. The number of benzene rings is 6. The molecule has 2 aliphatic rings. The number of nitriles is 1. The zero-order chi connectivity index (χ0) is 48.6. The molecule has 0 bridgehead atoms. The SMILES string of the molecule is [C-]#[N+]/C(C#N)=C1\N(CCC(=O)N(c2cccc(CN3CCCCC3)c2)C(C)c2cccc(-c3nnn(C(c4ccccc4)(c4ccccc4)c4ccccc4Cl)n3)c2)CCN1Cc1cc(C)cc(C)c1. The zero-order valence-electron chi connectivity index (χ0n) is 40.0. The molecule has 0 radical (unpaired) electrons. The van der Waals surface area contributed by atoms with E-state index in [0.29, 0.717) is 42.8 Å². The highest BCUT2D eigenvalue weighted by atomic mass is 35.5. The molecule has 1 unspecified atom stereocenters. The standard InChI is InChI=1S/C58H57ClN10O/c1-42-34-43(2)36-46(35-42)41-67-33-32-66(57(67)54(39-60)61-4)31-28-55(70)68(51-25-16-18-45(37-51)40-65-29-14-7-15-30-65)44(3)47-19-17-20-48(38-47)56-62-64-69(63-56)58(49-21-8-5-9-22-49,50-23-10-6-11-24-50)52-26-12-13-27-53(52)59/h5-6,8-13,16-27,34-38,44H,7,14-15,28-33,40-41H2,1-3H3/b57-54+. The second kappa shape index (κ2) is 21.4. The fourth-order valence-corrected chi connectivity index (χ4v) is 10.7. The van der Waals surface area contributed by atoms with E-state index in [2.05, 4.69) is 96.1 Å². The largest absolute Gasteiger partial charge is 0.364 e. The molecule has 1 amide bonds. The highest BCUT2D eigenvalue weighted by molar-refractivity contribution is 6.31. The van der Waals surface area contributed by atoms with Gasteiger partial charge in [0.25, 0.3) is 0 Å². The van der Waals surface area contributed by atoms with Crippen LogP contribution < -0.4 is 4.90 Å². The minimum atomic E-state index is -1.07. The number of nitrogens with zero attached hydrogens (tertiary/aromatic N) is 10. The van der Waals surface area contributed by atoms with Crippen molar-refractivity contribution in [2.45, 2.75) is 71.1 Å². The van der Waals surface area contributed by atoms with Gasteiger partial charge in [-0.2, -0.15) is 0 Å². The van der Waals surface area contributed by atoms with Crippen LogP contribution in [0.15, 0.2) is 163 Å². The van der Waals surface area contributed by atoms with Crippen LogP contribution in [0, 0.1) is 31.8 Å². The molecule has 11 nitrogen and oxygen atoms in total. The maximum Gasteiger partial charge on any atom is 0.300 e. The van der Waals surface area contributed by atoms with Gasteiger partial charge in [0.15, 0.2) is 5.54 Å². The Hall–Kier alpha value is -7.57. The van der Waals surface area contributed by atoms with Crippen molar-refractivity contribution in [2.75, 3.05) is 37.6 Å². The quantitative estimate of drug-likeness (QED) is 0.0569. The lowest BCUT2D eigenvalue weighted by Gasteiger charge is -2.34. The molecule has 352 valence electrons. The monoisotopic (exact) mass is 944 g/mol. The molecule has 2 fully saturated rings. The van der Waals surface area contributed by atoms with Crippen LogP contribution in [0.3, 0.4) is 0 Å². The Bertz CT molecular complexity index is 3000. The zero-order valence-corrected chi connectivity index (χ0v) is 40.8. The van der Waals surface area contributed by atoms with E-state index in [-0.39, 0.29) is 18.0 Å². The summed E-state index contributed by atoms with van der Waals surface area (Å²) in [7, 11) is 0. The van der Waals surface area contributed by atoms with Gasteiger partial charge in [0, 0.05) is 61.0 Å². The third-order valence-electron chi connectivity index (χ3n) is 13.6. The van der Waals surface area contributed by atoms with Crippen LogP contribution in [-0.2, 0) is 23.4 Å². The van der Waals surface area contributed by atoms with Crippen molar-refractivity contribution in [1.29, 1.82) is 5.26 Å². The normalized spacial score (nSPS) is 15.3. The lowest BCUT2D eigenvalue weighted by atomic mass is 9.77. The van der Waals surface area contributed by atoms with Gasteiger partial charge in [0.1, 0.15) is 5.82 Å². The molecule has 0 aliphatic carbocycles. The van der Waals surface area contributed by atoms with Gasteiger partial charge in [0.05, 0.1) is 18.7 Å². The molecular formula is C58H57ClN10O. The predicted octanol–water partition coefficient (Wildman–Crippen LogP) is 11.4. The Labute approximate surface area is 416 Å². The van der Waals surface area contributed by atoms with Crippen LogP contribution in [0.5, 0.6) is 0 Å². The molecule has 3 heterocycles. The summed E-state index contributed by atoms with van der Waals surface area (Å²) in [4.78, 5) is 28.9. The molecule has 70 heavy (non-hydrogen) atoms. The average Bonchev–Trinajstić information content (AvgIpc) is 4.04. The number of carbonyl (C=O) groups is 1. The summed E-state index contributed by atoms with van der Waals surface area (Å²) < 4.78 is 0. The molecule has 0 saturated carbocycles. The fraction of sp³-hybridized carbons (Fsp3) is 0.276. The third kappa shape index (κ3) is 9.95. The summed E-state index contributed by atoms with van der Waals surface area (Å²) in [6.07, 6.45) is 3.80. The summed E-state index contributed by atoms with van der Waals surface area (Å²) in [6, 6.07) is 52.6. The first-order chi connectivity index (χ1) is 34.2. The number of rotatable bonds is 15. The second-order valence-corrected chi connectivity index (χ2v) is 18.9. The Kier molecular flexibility index (Phi) is 14.5. The molecule has 2 saturated heterocycles.